The van der Waals surface area contributed by atoms with Crippen LogP contribution in [0.3, 0.4) is 0 Å². The molecule has 3 rings (SSSR count). The molecule has 3 N–H and O–H groups in total. The highest BCUT2D eigenvalue weighted by Crippen LogP contribution is 2.33. The van der Waals surface area contributed by atoms with E-state index in [1.165, 1.54) is 24.2 Å². The molecule has 0 unspecified atom stereocenters. The summed E-state index contributed by atoms with van der Waals surface area (Å²) >= 11 is 1.24. The Morgan fingerprint density at radius 3 is 2.68 bits per heavy atom. The highest BCUT2D eigenvalue weighted by Gasteiger charge is 2.30. The summed E-state index contributed by atoms with van der Waals surface area (Å²) in [6.45, 7) is 0.238. The van der Waals surface area contributed by atoms with E-state index in [0.29, 0.717) is 16.7 Å². The van der Waals surface area contributed by atoms with Crippen molar-refractivity contribution < 1.29 is 18.0 Å². The maximum Gasteiger partial charge on any atom is 0.416 e. The number of rotatable bonds is 7. The molecule has 1 saturated carbocycles. The van der Waals surface area contributed by atoms with Crippen LogP contribution >= 0.6 is 11.8 Å². The van der Waals surface area contributed by atoms with Crippen molar-refractivity contribution in [3.05, 3.63) is 35.7 Å². The molecule has 28 heavy (non-hydrogen) atoms. The SMILES string of the molecule is NC(=O)CSc1nnc(CNc2cccc(C(F)(F)F)c2)n1C1CCCCC1. The van der Waals surface area contributed by atoms with E-state index in [0.717, 1.165) is 37.8 Å². The quantitative estimate of drug-likeness (QED) is 0.671. The molecule has 0 atom stereocenters. The van der Waals surface area contributed by atoms with Gasteiger partial charge >= 0.3 is 6.18 Å². The smallest absolute Gasteiger partial charge is 0.378 e. The lowest BCUT2D eigenvalue weighted by atomic mass is 9.95. The topological polar surface area (TPSA) is 85.8 Å². The van der Waals surface area contributed by atoms with Crippen LogP contribution in [-0.2, 0) is 17.5 Å². The molecule has 1 aliphatic carbocycles. The zero-order valence-corrected chi connectivity index (χ0v) is 16.0. The molecule has 6 nitrogen and oxygen atoms in total. The number of primary amides is 1. The Morgan fingerprint density at radius 1 is 1.25 bits per heavy atom. The second kappa shape index (κ2) is 8.85. The number of alkyl halides is 3. The Morgan fingerprint density at radius 2 is 2.00 bits per heavy atom. The Labute approximate surface area is 165 Å². The van der Waals surface area contributed by atoms with Crippen LogP contribution in [0.1, 0.15) is 49.5 Å². The summed E-state index contributed by atoms with van der Waals surface area (Å²) in [6, 6.07) is 5.28. The van der Waals surface area contributed by atoms with Crippen LogP contribution in [0.15, 0.2) is 29.4 Å². The van der Waals surface area contributed by atoms with Crippen molar-refractivity contribution in [2.45, 2.75) is 56.0 Å². The zero-order valence-electron chi connectivity index (χ0n) is 15.2. The van der Waals surface area contributed by atoms with Gasteiger partial charge in [-0.15, -0.1) is 10.2 Å². The lowest BCUT2D eigenvalue weighted by Gasteiger charge is -2.25. The molecule has 0 bridgehead atoms. The number of carbonyl (C=O) groups is 1. The van der Waals surface area contributed by atoms with Crippen molar-refractivity contribution in [1.29, 1.82) is 0 Å². The third kappa shape index (κ3) is 5.18. The molecular formula is C18H22F3N5OS. The van der Waals surface area contributed by atoms with Crippen LogP contribution in [0.25, 0.3) is 0 Å². The Bertz CT molecular complexity index is 818. The molecular weight excluding hydrogens is 391 g/mol. The largest absolute Gasteiger partial charge is 0.416 e. The molecule has 152 valence electrons. The third-order valence-corrected chi connectivity index (χ3v) is 5.62. The Balaban J connectivity index is 1.78. The van der Waals surface area contributed by atoms with E-state index in [1.54, 1.807) is 6.07 Å². The average molecular weight is 413 g/mol. The number of hydrogen-bond donors (Lipinski definition) is 2. The maximum atomic E-state index is 12.9. The summed E-state index contributed by atoms with van der Waals surface area (Å²) in [5, 5.41) is 12.0. The monoisotopic (exact) mass is 413 g/mol. The number of halogens is 3. The number of amides is 1. The van der Waals surface area contributed by atoms with E-state index in [4.69, 9.17) is 5.73 Å². The minimum absolute atomic E-state index is 0.103. The van der Waals surface area contributed by atoms with Crippen LogP contribution in [0, 0.1) is 0 Å². The van der Waals surface area contributed by atoms with Crippen molar-refractivity contribution in [3.63, 3.8) is 0 Å². The van der Waals surface area contributed by atoms with E-state index in [2.05, 4.69) is 15.5 Å². The number of thioether (sulfide) groups is 1. The van der Waals surface area contributed by atoms with Crippen LogP contribution in [-0.4, -0.2) is 26.4 Å². The number of nitrogens with one attached hydrogen (secondary N) is 1. The summed E-state index contributed by atoms with van der Waals surface area (Å²) < 4.78 is 40.7. The first-order chi connectivity index (χ1) is 13.3. The number of hydrogen-bond acceptors (Lipinski definition) is 5. The molecule has 1 aromatic carbocycles. The van der Waals surface area contributed by atoms with E-state index in [9.17, 15) is 18.0 Å². The predicted octanol–water partition coefficient (Wildman–Crippen LogP) is 3.99. The molecule has 1 aliphatic rings. The summed E-state index contributed by atoms with van der Waals surface area (Å²) in [7, 11) is 0. The summed E-state index contributed by atoms with van der Waals surface area (Å²) in [4.78, 5) is 11.1. The molecule has 0 aliphatic heterocycles. The van der Waals surface area contributed by atoms with Gasteiger partial charge in [0.1, 0.15) is 0 Å². The van der Waals surface area contributed by atoms with Gasteiger partial charge in [0.25, 0.3) is 0 Å². The van der Waals surface area contributed by atoms with Gasteiger partial charge in [0.15, 0.2) is 11.0 Å². The van der Waals surface area contributed by atoms with E-state index < -0.39 is 17.6 Å². The molecule has 0 radical (unpaired) electrons. The summed E-state index contributed by atoms with van der Waals surface area (Å²) in [6.07, 6.45) is 0.961. The van der Waals surface area contributed by atoms with Crippen molar-refractivity contribution in [3.8, 4) is 0 Å². The Hall–Kier alpha value is -2.23. The van der Waals surface area contributed by atoms with E-state index in [1.807, 2.05) is 4.57 Å². The van der Waals surface area contributed by atoms with Crippen LogP contribution in [0.4, 0.5) is 18.9 Å². The number of nitrogens with zero attached hydrogens (tertiary/aromatic N) is 3. The first kappa shape index (κ1) is 20.5. The fraction of sp³-hybridized carbons (Fsp3) is 0.500. The fourth-order valence-corrected chi connectivity index (χ4v) is 4.12. The van der Waals surface area contributed by atoms with Gasteiger partial charge in [0.05, 0.1) is 17.9 Å². The number of anilines is 1. The van der Waals surface area contributed by atoms with Crippen LogP contribution in [0.2, 0.25) is 0 Å². The molecule has 1 amide bonds. The van der Waals surface area contributed by atoms with Gasteiger partial charge in [-0.3, -0.25) is 4.79 Å². The number of aromatic nitrogens is 3. The first-order valence-electron chi connectivity index (χ1n) is 9.10. The Kier molecular flexibility index (Phi) is 6.48. The standard InChI is InChI=1S/C18H22F3N5OS/c19-18(20,21)12-5-4-6-13(9-12)23-10-16-24-25-17(28-11-15(22)27)26(16)14-7-2-1-3-8-14/h4-6,9,14,23H,1-3,7-8,10-11H2,(H2,22,27). The molecule has 0 spiro atoms. The lowest BCUT2D eigenvalue weighted by Crippen LogP contribution is -2.19. The number of nitrogens with two attached hydrogens (primary N) is 1. The maximum absolute atomic E-state index is 12.9. The van der Waals surface area contributed by atoms with Crippen molar-refractivity contribution in [2.75, 3.05) is 11.1 Å². The van der Waals surface area contributed by atoms with Crippen LogP contribution in [0.5, 0.6) is 0 Å². The average Bonchev–Trinajstić information content (AvgIpc) is 3.08. The van der Waals surface area contributed by atoms with Gasteiger partial charge in [-0.05, 0) is 31.0 Å². The predicted molar refractivity (Wildman–Crippen MR) is 101 cm³/mol. The van der Waals surface area contributed by atoms with Gasteiger partial charge in [0.2, 0.25) is 5.91 Å². The van der Waals surface area contributed by atoms with E-state index >= 15 is 0 Å². The minimum atomic E-state index is -4.39. The lowest BCUT2D eigenvalue weighted by molar-refractivity contribution is -0.137. The second-order valence-corrected chi connectivity index (χ2v) is 7.69. The van der Waals surface area contributed by atoms with Gasteiger partial charge in [-0.25, -0.2) is 0 Å². The van der Waals surface area contributed by atoms with Gasteiger partial charge in [-0.1, -0.05) is 37.1 Å². The van der Waals surface area contributed by atoms with Crippen molar-refractivity contribution >= 4 is 23.4 Å². The third-order valence-electron chi connectivity index (χ3n) is 4.66. The first-order valence-corrected chi connectivity index (χ1v) is 10.1. The van der Waals surface area contributed by atoms with Gasteiger partial charge < -0.3 is 15.6 Å². The molecule has 2 aromatic rings. The van der Waals surface area contributed by atoms with Crippen LogP contribution < -0.4 is 11.1 Å². The number of carbonyl (C=O) groups excluding carboxylic acids is 1. The normalized spacial score (nSPS) is 15.5. The van der Waals surface area contributed by atoms with E-state index in [-0.39, 0.29) is 18.3 Å². The second-order valence-electron chi connectivity index (χ2n) is 6.75. The highest BCUT2D eigenvalue weighted by atomic mass is 32.2. The molecule has 1 aromatic heterocycles. The van der Waals surface area contributed by atoms with Gasteiger partial charge in [-0.2, -0.15) is 13.2 Å². The van der Waals surface area contributed by atoms with Crippen molar-refractivity contribution in [2.24, 2.45) is 5.73 Å². The number of benzene rings is 1. The molecule has 1 fully saturated rings. The minimum Gasteiger partial charge on any atom is -0.378 e. The van der Waals surface area contributed by atoms with Gasteiger partial charge in [0, 0.05) is 11.7 Å². The molecule has 10 heteroatoms. The summed E-state index contributed by atoms with van der Waals surface area (Å²) in [5.74, 6) is 0.300. The fourth-order valence-electron chi connectivity index (χ4n) is 3.35. The summed E-state index contributed by atoms with van der Waals surface area (Å²) in [5.41, 5.74) is 4.89. The molecule has 1 heterocycles. The molecule has 0 saturated heterocycles. The van der Waals surface area contributed by atoms with Crippen molar-refractivity contribution in [1.82, 2.24) is 14.8 Å². The zero-order chi connectivity index (χ0) is 20.1. The highest BCUT2D eigenvalue weighted by molar-refractivity contribution is 7.99.